The molecular formula is C7H2F2N2O2. The van der Waals surface area contributed by atoms with Gasteiger partial charge in [-0.3, -0.25) is 10.1 Å². The van der Waals surface area contributed by atoms with Crippen LogP contribution in [0.4, 0.5) is 14.5 Å². The highest BCUT2D eigenvalue weighted by atomic mass is 19.2. The number of nitro benzene ring substituents is 1. The van der Waals surface area contributed by atoms with Gasteiger partial charge in [-0.2, -0.15) is 9.65 Å². The monoisotopic (exact) mass is 184 g/mol. The molecule has 1 aromatic carbocycles. The van der Waals surface area contributed by atoms with E-state index >= 15 is 0 Å². The minimum Gasteiger partial charge on any atom is -0.258 e. The van der Waals surface area contributed by atoms with Crippen LogP contribution in [0.3, 0.4) is 0 Å². The first-order valence-electron chi connectivity index (χ1n) is 3.10. The van der Waals surface area contributed by atoms with Crippen LogP contribution in [0.15, 0.2) is 12.1 Å². The third-order valence-corrected chi connectivity index (χ3v) is 1.38. The maximum atomic E-state index is 12.7. The maximum absolute atomic E-state index is 12.7. The molecule has 0 aromatic heterocycles. The van der Waals surface area contributed by atoms with Crippen molar-refractivity contribution in [2.75, 3.05) is 0 Å². The Morgan fingerprint density at radius 2 is 2.00 bits per heavy atom. The fourth-order valence-corrected chi connectivity index (χ4v) is 0.767. The Balaban J connectivity index is 3.42. The van der Waals surface area contributed by atoms with Crippen molar-refractivity contribution in [3.05, 3.63) is 39.4 Å². The molecule has 0 fully saturated rings. The molecule has 0 heterocycles. The molecule has 13 heavy (non-hydrogen) atoms. The van der Waals surface area contributed by atoms with Gasteiger partial charge in [0.1, 0.15) is 6.07 Å². The van der Waals surface area contributed by atoms with Gasteiger partial charge in [0, 0.05) is 6.07 Å². The molecule has 0 saturated carbocycles. The second-order valence-electron chi connectivity index (χ2n) is 2.13. The van der Waals surface area contributed by atoms with E-state index in [4.69, 9.17) is 5.26 Å². The number of rotatable bonds is 1. The van der Waals surface area contributed by atoms with Crippen molar-refractivity contribution in [1.29, 1.82) is 5.26 Å². The highest BCUT2D eigenvalue weighted by Crippen LogP contribution is 2.21. The average molecular weight is 184 g/mol. The predicted molar refractivity (Wildman–Crippen MR) is 37.7 cm³/mol. The first kappa shape index (κ1) is 9.06. The van der Waals surface area contributed by atoms with Gasteiger partial charge in [0.2, 0.25) is 5.82 Å². The second kappa shape index (κ2) is 3.15. The summed E-state index contributed by atoms with van der Waals surface area (Å²) in [6.45, 7) is 0. The Morgan fingerprint density at radius 1 is 1.38 bits per heavy atom. The maximum Gasteiger partial charge on any atom is 0.307 e. The van der Waals surface area contributed by atoms with E-state index in [2.05, 4.69) is 0 Å². The van der Waals surface area contributed by atoms with Crippen LogP contribution in [0.1, 0.15) is 5.56 Å². The van der Waals surface area contributed by atoms with Gasteiger partial charge in [-0.25, -0.2) is 4.39 Å². The Morgan fingerprint density at radius 3 is 2.46 bits per heavy atom. The number of nitro groups is 1. The van der Waals surface area contributed by atoms with E-state index in [1.165, 1.54) is 6.07 Å². The molecule has 0 saturated heterocycles. The molecule has 0 N–H and O–H groups in total. The van der Waals surface area contributed by atoms with E-state index in [1.54, 1.807) is 0 Å². The smallest absolute Gasteiger partial charge is 0.258 e. The summed E-state index contributed by atoms with van der Waals surface area (Å²) < 4.78 is 25.5. The average Bonchev–Trinajstić information content (AvgIpc) is 2.09. The molecule has 66 valence electrons. The summed E-state index contributed by atoms with van der Waals surface area (Å²) in [7, 11) is 0. The van der Waals surface area contributed by atoms with Crippen LogP contribution in [0.25, 0.3) is 0 Å². The fourth-order valence-electron chi connectivity index (χ4n) is 0.767. The highest BCUT2D eigenvalue weighted by Gasteiger charge is 2.20. The summed E-state index contributed by atoms with van der Waals surface area (Å²) in [6.07, 6.45) is 0. The lowest BCUT2D eigenvalue weighted by Gasteiger charge is -1.95. The third-order valence-electron chi connectivity index (χ3n) is 1.38. The lowest BCUT2D eigenvalue weighted by Crippen LogP contribution is -1.97. The Bertz CT molecular complexity index is 412. The molecule has 0 radical (unpaired) electrons. The van der Waals surface area contributed by atoms with Gasteiger partial charge < -0.3 is 0 Å². The lowest BCUT2D eigenvalue weighted by molar-refractivity contribution is -0.387. The van der Waals surface area contributed by atoms with Gasteiger partial charge in [-0.15, -0.1) is 0 Å². The molecule has 6 heteroatoms. The highest BCUT2D eigenvalue weighted by molar-refractivity contribution is 5.41. The molecule has 0 atom stereocenters. The SMILES string of the molecule is N#Cc1ccc([N+](=O)[O-])c(F)c1F. The quantitative estimate of drug-likeness (QED) is 0.493. The van der Waals surface area contributed by atoms with E-state index in [9.17, 15) is 18.9 Å². The van der Waals surface area contributed by atoms with Gasteiger partial charge in [-0.1, -0.05) is 0 Å². The molecule has 1 aromatic rings. The molecular weight excluding hydrogens is 182 g/mol. The second-order valence-corrected chi connectivity index (χ2v) is 2.13. The first-order chi connectivity index (χ1) is 6.07. The van der Waals surface area contributed by atoms with Gasteiger partial charge >= 0.3 is 5.69 Å². The number of hydrogen-bond donors (Lipinski definition) is 0. The summed E-state index contributed by atoms with van der Waals surface area (Å²) in [4.78, 5) is 9.03. The Hall–Kier alpha value is -2.03. The van der Waals surface area contributed by atoms with E-state index in [1.807, 2.05) is 0 Å². The minimum atomic E-state index is -1.61. The van der Waals surface area contributed by atoms with Crippen molar-refractivity contribution >= 4 is 5.69 Å². The van der Waals surface area contributed by atoms with E-state index in [0.29, 0.717) is 0 Å². The van der Waals surface area contributed by atoms with Gasteiger partial charge in [0.15, 0.2) is 5.82 Å². The summed E-state index contributed by atoms with van der Waals surface area (Å²) in [5.41, 5.74) is -1.53. The van der Waals surface area contributed by atoms with Crippen LogP contribution < -0.4 is 0 Å². The van der Waals surface area contributed by atoms with Crippen molar-refractivity contribution in [1.82, 2.24) is 0 Å². The van der Waals surface area contributed by atoms with Crippen LogP contribution in [0.2, 0.25) is 0 Å². The van der Waals surface area contributed by atoms with Crippen molar-refractivity contribution < 1.29 is 13.7 Å². The normalized spacial score (nSPS) is 9.31. The van der Waals surface area contributed by atoms with Crippen molar-refractivity contribution in [3.63, 3.8) is 0 Å². The largest absolute Gasteiger partial charge is 0.307 e. The summed E-state index contributed by atoms with van der Waals surface area (Å²) >= 11 is 0. The Labute approximate surface area is 71.2 Å². The number of benzene rings is 1. The zero-order valence-corrected chi connectivity index (χ0v) is 6.12. The Kier molecular flexibility index (Phi) is 2.19. The van der Waals surface area contributed by atoms with Crippen LogP contribution >= 0.6 is 0 Å². The summed E-state index contributed by atoms with van der Waals surface area (Å²) in [5, 5.41) is 18.3. The molecule has 0 bridgehead atoms. The van der Waals surface area contributed by atoms with Gasteiger partial charge in [0.25, 0.3) is 0 Å². The van der Waals surface area contributed by atoms with Crippen LogP contribution in [0, 0.1) is 33.1 Å². The predicted octanol–water partition coefficient (Wildman–Crippen LogP) is 1.74. The first-order valence-corrected chi connectivity index (χ1v) is 3.10. The standard InChI is InChI=1S/C7H2F2N2O2/c8-6-4(3-10)1-2-5(7(6)9)11(12)13/h1-2H. The number of hydrogen-bond acceptors (Lipinski definition) is 3. The zero-order chi connectivity index (χ0) is 10.0. The van der Waals surface area contributed by atoms with Crippen molar-refractivity contribution in [3.8, 4) is 6.07 Å². The minimum absolute atomic E-state index is 0.553. The molecule has 1 rings (SSSR count). The van der Waals surface area contributed by atoms with Crippen LogP contribution in [-0.4, -0.2) is 4.92 Å². The number of nitriles is 1. The van der Waals surface area contributed by atoms with Crippen molar-refractivity contribution in [2.45, 2.75) is 0 Å². The number of nitrogens with zero attached hydrogens (tertiary/aromatic N) is 2. The molecule has 0 aliphatic rings. The molecule has 0 spiro atoms. The molecule has 4 nitrogen and oxygen atoms in total. The summed E-state index contributed by atoms with van der Waals surface area (Å²) in [5.74, 6) is -3.10. The molecule has 0 amide bonds. The van der Waals surface area contributed by atoms with E-state index in [0.717, 1.165) is 12.1 Å². The van der Waals surface area contributed by atoms with E-state index < -0.39 is 27.8 Å². The molecule has 0 unspecified atom stereocenters. The van der Waals surface area contributed by atoms with Crippen LogP contribution in [-0.2, 0) is 0 Å². The fraction of sp³-hybridized carbons (Fsp3) is 0. The number of halogens is 2. The van der Waals surface area contributed by atoms with E-state index in [-0.39, 0.29) is 0 Å². The topological polar surface area (TPSA) is 66.9 Å². The van der Waals surface area contributed by atoms with Gasteiger partial charge in [0.05, 0.1) is 10.5 Å². The van der Waals surface area contributed by atoms with Crippen LogP contribution in [0.5, 0.6) is 0 Å². The summed E-state index contributed by atoms with van der Waals surface area (Å²) in [6, 6.07) is 2.97. The molecule has 0 aliphatic heterocycles. The lowest BCUT2D eigenvalue weighted by atomic mass is 10.2. The van der Waals surface area contributed by atoms with Crippen molar-refractivity contribution in [2.24, 2.45) is 0 Å². The van der Waals surface area contributed by atoms with Gasteiger partial charge in [-0.05, 0) is 6.07 Å². The molecule has 0 aliphatic carbocycles. The zero-order valence-electron chi connectivity index (χ0n) is 6.12. The third kappa shape index (κ3) is 1.44.